The number of hydrogen-bond acceptors (Lipinski definition) is 3. The van der Waals surface area contributed by atoms with Crippen LogP contribution in [-0.2, 0) is 19.7 Å². The fraction of sp³-hybridized carbons (Fsp3) is 0.579. The maximum Gasteiger partial charge on any atom is 0.313 e. The van der Waals surface area contributed by atoms with E-state index >= 15 is 0 Å². The second-order valence-electron chi connectivity index (χ2n) is 6.94. The molecule has 0 bridgehead atoms. The molecule has 2 N–H and O–H groups in total. The summed E-state index contributed by atoms with van der Waals surface area (Å²) in [6, 6.07) is 6.95. The van der Waals surface area contributed by atoms with E-state index in [4.69, 9.17) is 4.74 Å². The van der Waals surface area contributed by atoms with Gasteiger partial charge in [-0.25, -0.2) is 0 Å². The highest BCUT2D eigenvalue weighted by Crippen LogP contribution is 2.26. The van der Waals surface area contributed by atoms with E-state index < -0.39 is 17.5 Å². The molecule has 0 saturated heterocycles. The molecule has 1 aliphatic rings. The summed E-state index contributed by atoms with van der Waals surface area (Å²) < 4.78 is 5.91. The van der Waals surface area contributed by atoms with Crippen LogP contribution in [0.1, 0.15) is 58.4 Å². The predicted octanol–water partition coefficient (Wildman–Crippen LogP) is 3.73. The quantitative estimate of drug-likeness (QED) is 0.797. The summed E-state index contributed by atoms with van der Waals surface area (Å²) in [6.45, 7) is 5.26. The second-order valence-corrected chi connectivity index (χ2v) is 6.94. The largest absolute Gasteiger partial charge is 0.481 e. The molecular formula is C19H27NO4. The van der Waals surface area contributed by atoms with Crippen molar-refractivity contribution in [3.63, 3.8) is 0 Å². The van der Waals surface area contributed by atoms with Crippen molar-refractivity contribution in [2.24, 2.45) is 0 Å². The van der Waals surface area contributed by atoms with Gasteiger partial charge in [0.15, 0.2) is 0 Å². The Morgan fingerprint density at radius 2 is 1.83 bits per heavy atom. The number of carbonyl (C=O) groups is 2. The van der Waals surface area contributed by atoms with Crippen LogP contribution in [0.2, 0.25) is 0 Å². The van der Waals surface area contributed by atoms with Crippen molar-refractivity contribution in [1.29, 1.82) is 0 Å². The Labute approximate surface area is 143 Å². The van der Waals surface area contributed by atoms with Crippen LogP contribution < -0.4 is 5.32 Å². The minimum Gasteiger partial charge on any atom is -0.481 e. The van der Waals surface area contributed by atoms with Crippen molar-refractivity contribution < 1.29 is 19.4 Å². The van der Waals surface area contributed by atoms with E-state index in [0.29, 0.717) is 17.7 Å². The molecule has 1 amide bonds. The third-order valence-electron chi connectivity index (χ3n) is 4.73. The lowest BCUT2D eigenvalue weighted by atomic mass is 9.85. The molecule has 132 valence electrons. The number of rotatable bonds is 7. The predicted molar refractivity (Wildman–Crippen MR) is 93.2 cm³/mol. The average molecular weight is 333 g/mol. The van der Waals surface area contributed by atoms with Crippen LogP contribution in [0.3, 0.4) is 0 Å². The van der Waals surface area contributed by atoms with Gasteiger partial charge in [-0.2, -0.15) is 0 Å². The Hall–Kier alpha value is -1.88. The molecular weight excluding hydrogens is 306 g/mol. The van der Waals surface area contributed by atoms with Crippen LogP contribution in [-0.4, -0.2) is 29.2 Å². The number of carboxylic acid groups (broad SMARTS) is 1. The van der Waals surface area contributed by atoms with E-state index in [1.54, 1.807) is 38.1 Å². The lowest BCUT2D eigenvalue weighted by Crippen LogP contribution is -2.33. The van der Waals surface area contributed by atoms with Gasteiger partial charge < -0.3 is 15.2 Å². The molecule has 1 unspecified atom stereocenters. The highest BCUT2D eigenvalue weighted by molar-refractivity contribution is 5.94. The van der Waals surface area contributed by atoms with Gasteiger partial charge in [0.2, 0.25) is 0 Å². The van der Waals surface area contributed by atoms with Crippen molar-refractivity contribution in [3.8, 4) is 0 Å². The highest BCUT2D eigenvalue weighted by Gasteiger charge is 2.29. The Bertz CT molecular complexity index is 574. The van der Waals surface area contributed by atoms with Crippen LogP contribution >= 0.6 is 0 Å². The van der Waals surface area contributed by atoms with Crippen LogP contribution in [0, 0.1) is 0 Å². The Morgan fingerprint density at radius 1 is 1.25 bits per heavy atom. The van der Waals surface area contributed by atoms with E-state index in [0.717, 1.165) is 12.8 Å². The number of hydrogen-bond donors (Lipinski definition) is 2. The van der Waals surface area contributed by atoms with E-state index in [2.05, 4.69) is 5.32 Å². The molecule has 1 fully saturated rings. The van der Waals surface area contributed by atoms with Gasteiger partial charge in [-0.15, -0.1) is 0 Å². The topological polar surface area (TPSA) is 75.6 Å². The number of benzene rings is 1. The SMILES string of the molecule is CCC(OC1CCCC1)C(=O)Nc1ccc(C(C)(C)C(=O)O)cc1. The van der Waals surface area contributed by atoms with Crippen LogP contribution in [0.5, 0.6) is 0 Å². The molecule has 0 heterocycles. The molecule has 5 heteroatoms. The first-order valence-corrected chi connectivity index (χ1v) is 8.65. The molecule has 1 aromatic rings. The van der Waals surface area contributed by atoms with Gasteiger partial charge in [0.1, 0.15) is 6.10 Å². The number of carboxylic acids is 1. The van der Waals surface area contributed by atoms with E-state index in [9.17, 15) is 14.7 Å². The molecule has 2 rings (SSSR count). The zero-order valence-electron chi connectivity index (χ0n) is 14.7. The molecule has 1 saturated carbocycles. The molecule has 0 aliphatic heterocycles. The van der Waals surface area contributed by atoms with Crippen LogP contribution in [0.15, 0.2) is 24.3 Å². The van der Waals surface area contributed by atoms with Crippen LogP contribution in [0.25, 0.3) is 0 Å². The third-order valence-corrected chi connectivity index (χ3v) is 4.73. The molecule has 1 atom stereocenters. The van der Waals surface area contributed by atoms with Crippen molar-refractivity contribution >= 4 is 17.6 Å². The summed E-state index contributed by atoms with van der Waals surface area (Å²) in [7, 11) is 0. The Morgan fingerprint density at radius 3 is 2.33 bits per heavy atom. The molecule has 0 radical (unpaired) electrons. The number of nitrogens with one attached hydrogen (secondary N) is 1. The average Bonchev–Trinajstić information content (AvgIpc) is 3.06. The summed E-state index contributed by atoms with van der Waals surface area (Å²) in [4.78, 5) is 23.7. The molecule has 0 spiro atoms. The monoisotopic (exact) mass is 333 g/mol. The first-order chi connectivity index (χ1) is 11.3. The number of carbonyl (C=O) groups excluding carboxylic acids is 1. The van der Waals surface area contributed by atoms with E-state index in [1.807, 2.05) is 6.92 Å². The number of anilines is 1. The maximum atomic E-state index is 12.4. The standard InChI is InChI=1S/C19H27NO4/c1-4-16(24-15-7-5-6-8-15)17(21)20-14-11-9-13(10-12-14)19(2,3)18(22)23/h9-12,15-16H,4-8H2,1-3H3,(H,20,21)(H,22,23). The maximum absolute atomic E-state index is 12.4. The second kappa shape index (κ2) is 7.79. The van der Waals surface area contributed by atoms with Gasteiger partial charge in [-0.05, 0) is 50.8 Å². The van der Waals surface area contributed by atoms with Gasteiger partial charge in [0.25, 0.3) is 5.91 Å². The van der Waals surface area contributed by atoms with Gasteiger partial charge in [-0.1, -0.05) is 31.9 Å². The zero-order valence-corrected chi connectivity index (χ0v) is 14.7. The first-order valence-electron chi connectivity index (χ1n) is 8.65. The van der Waals surface area contributed by atoms with Gasteiger partial charge in [-0.3, -0.25) is 9.59 Å². The molecule has 1 aromatic carbocycles. The smallest absolute Gasteiger partial charge is 0.313 e. The Kier molecular flexibility index (Phi) is 5.99. The molecule has 5 nitrogen and oxygen atoms in total. The van der Waals surface area contributed by atoms with Gasteiger partial charge in [0.05, 0.1) is 11.5 Å². The molecule has 1 aliphatic carbocycles. The van der Waals surface area contributed by atoms with Crippen molar-refractivity contribution in [2.45, 2.75) is 70.5 Å². The minimum absolute atomic E-state index is 0.144. The van der Waals surface area contributed by atoms with E-state index in [1.165, 1.54) is 12.8 Å². The Balaban J connectivity index is 1.99. The van der Waals surface area contributed by atoms with E-state index in [-0.39, 0.29) is 12.0 Å². The fourth-order valence-electron chi connectivity index (χ4n) is 2.92. The van der Waals surface area contributed by atoms with Crippen LogP contribution in [0.4, 0.5) is 5.69 Å². The normalized spacial score (nSPS) is 16.8. The fourth-order valence-corrected chi connectivity index (χ4v) is 2.92. The van der Waals surface area contributed by atoms with Gasteiger partial charge in [0, 0.05) is 5.69 Å². The summed E-state index contributed by atoms with van der Waals surface area (Å²) in [5, 5.41) is 12.1. The first kappa shape index (κ1) is 18.5. The number of amides is 1. The summed E-state index contributed by atoms with van der Waals surface area (Å²) in [6.07, 6.45) is 4.79. The summed E-state index contributed by atoms with van der Waals surface area (Å²) in [5.74, 6) is -1.02. The number of ether oxygens (including phenoxy) is 1. The highest BCUT2D eigenvalue weighted by atomic mass is 16.5. The minimum atomic E-state index is -0.958. The summed E-state index contributed by atoms with van der Waals surface area (Å²) in [5.41, 5.74) is 0.390. The third kappa shape index (κ3) is 4.35. The zero-order chi connectivity index (χ0) is 17.7. The lowest BCUT2D eigenvalue weighted by Gasteiger charge is -2.21. The lowest BCUT2D eigenvalue weighted by molar-refractivity contribution is -0.142. The molecule has 0 aromatic heterocycles. The molecule has 24 heavy (non-hydrogen) atoms. The van der Waals surface area contributed by atoms with Crippen molar-refractivity contribution in [2.75, 3.05) is 5.32 Å². The van der Waals surface area contributed by atoms with Crippen molar-refractivity contribution in [3.05, 3.63) is 29.8 Å². The summed E-state index contributed by atoms with van der Waals surface area (Å²) >= 11 is 0. The van der Waals surface area contributed by atoms with Gasteiger partial charge >= 0.3 is 5.97 Å². The number of aliphatic carboxylic acids is 1. The van der Waals surface area contributed by atoms with Crippen molar-refractivity contribution in [1.82, 2.24) is 0 Å².